The van der Waals surface area contributed by atoms with Gasteiger partial charge in [-0.15, -0.1) is 0 Å². The van der Waals surface area contributed by atoms with E-state index < -0.39 is 23.7 Å². The predicted molar refractivity (Wildman–Crippen MR) is 67.7 cm³/mol. The molecular weight excluding hydrogens is 319 g/mol. The zero-order chi connectivity index (χ0) is 14.2. The van der Waals surface area contributed by atoms with Crippen molar-refractivity contribution < 1.29 is 18.8 Å². The van der Waals surface area contributed by atoms with E-state index >= 15 is 0 Å². The number of rotatable bonds is 2. The number of carbonyl (C=O) groups excluding carboxylic acids is 3. The lowest BCUT2D eigenvalue weighted by Gasteiger charge is -2.11. The number of amides is 3. The third-order valence-electron chi connectivity index (χ3n) is 2.88. The maximum absolute atomic E-state index is 13.7. The van der Waals surface area contributed by atoms with Crippen LogP contribution < -0.4 is 5.32 Å². The molecule has 3 amide bonds. The van der Waals surface area contributed by atoms with Gasteiger partial charge in [0, 0.05) is 7.05 Å². The minimum absolute atomic E-state index is 0.101. The number of nitrogens with one attached hydrogen (secondary N) is 1. The van der Waals surface area contributed by atoms with E-state index in [4.69, 9.17) is 0 Å². The number of halogens is 2. The van der Waals surface area contributed by atoms with Crippen LogP contribution in [0.5, 0.6) is 0 Å². The smallest absolute Gasteiger partial charge is 0.254 e. The SMILES string of the molecule is CN1C(=O)CC(NC(=O)c2cccc(Br)c2F)C1=O. The molecule has 0 spiro atoms. The average Bonchev–Trinajstić information content (AvgIpc) is 2.60. The van der Waals surface area contributed by atoms with Crippen LogP contribution in [0.4, 0.5) is 4.39 Å². The van der Waals surface area contributed by atoms with Crippen molar-refractivity contribution in [3.8, 4) is 0 Å². The Morgan fingerprint density at radius 3 is 2.74 bits per heavy atom. The van der Waals surface area contributed by atoms with Gasteiger partial charge in [-0.25, -0.2) is 4.39 Å². The van der Waals surface area contributed by atoms with Crippen molar-refractivity contribution >= 4 is 33.7 Å². The van der Waals surface area contributed by atoms with Gasteiger partial charge in [-0.05, 0) is 28.1 Å². The highest BCUT2D eigenvalue weighted by Gasteiger charge is 2.37. The Hall–Kier alpha value is -1.76. The van der Waals surface area contributed by atoms with Crippen molar-refractivity contribution in [1.29, 1.82) is 0 Å². The van der Waals surface area contributed by atoms with Crippen molar-refractivity contribution in [3.63, 3.8) is 0 Å². The molecule has 0 aromatic heterocycles. The molecule has 19 heavy (non-hydrogen) atoms. The summed E-state index contributed by atoms with van der Waals surface area (Å²) in [7, 11) is 1.34. The molecule has 1 aromatic rings. The van der Waals surface area contributed by atoms with Gasteiger partial charge in [0.05, 0.1) is 16.5 Å². The van der Waals surface area contributed by atoms with Gasteiger partial charge >= 0.3 is 0 Å². The van der Waals surface area contributed by atoms with E-state index in [1.165, 1.54) is 25.2 Å². The summed E-state index contributed by atoms with van der Waals surface area (Å²) >= 11 is 2.97. The number of likely N-dealkylation sites (tertiary alicyclic amines) is 1. The molecule has 1 heterocycles. The highest BCUT2D eigenvalue weighted by atomic mass is 79.9. The molecule has 1 aliphatic rings. The van der Waals surface area contributed by atoms with Gasteiger partial charge in [0.25, 0.3) is 11.8 Å². The van der Waals surface area contributed by atoms with Crippen LogP contribution in [0, 0.1) is 5.82 Å². The van der Waals surface area contributed by atoms with Crippen LogP contribution in [0.1, 0.15) is 16.8 Å². The summed E-state index contributed by atoms with van der Waals surface area (Å²) in [4.78, 5) is 35.8. The fourth-order valence-corrected chi connectivity index (χ4v) is 2.15. The van der Waals surface area contributed by atoms with Gasteiger partial charge in [0.2, 0.25) is 5.91 Å². The van der Waals surface area contributed by atoms with Gasteiger partial charge in [-0.2, -0.15) is 0 Å². The maximum Gasteiger partial charge on any atom is 0.254 e. The van der Waals surface area contributed by atoms with Gasteiger partial charge in [-0.3, -0.25) is 19.3 Å². The molecule has 1 N–H and O–H groups in total. The third-order valence-corrected chi connectivity index (χ3v) is 3.50. The second-order valence-electron chi connectivity index (χ2n) is 4.12. The summed E-state index contributed by atoms with van der Waals surface area (Å²) in [5, 5.41) is 2.36. The molecule has 1 saturated heterocycles. The van der Waals surface area contributed by atoms with Crippen molar-refractivity contribution in [2.24, 2.45) is 0 Å². The summed E-state index contributed by atoms with van der Waals surface area (Å²) < 4.78 is 13.9. The zero-order valence-corrected chi connectivity index (χ0v) is 11.5. The van der Waals surface area contributed by atoms with Crippen LogP contribution in [-0.2, 0) is 9.59 Å². The van der Waals surface area contributed by atoms with E-state index in [1.54, 1.807) is 0 Å². The highest BCUT2D eigenvalue weighted by molar-refractivity contribution is 9.10. The molecule has 0 radical (unpaired) electrons. The summed E-state index contributed by atoms with van der Waals surface area (Å²) in [6.45, 7) is 0. The van der Waals surface area contributed by atoms with Gasteiger partial charge in [0.15, 0.2) is 0 Å². The van der Waals surface area contributed by atoms with Crippen LogP contribution in [0.3, 0.4) is 0 Å². The largest absolute Gasteiger partial charge is 0.340 e. The van der Waals surface area contributed by atoms with Crippen LogP contribution in [0.2, 0.25) is 0 Å². The Bertz CT molecular complexity index is 576. The van der Waals surface area contributed by atoms with Crippen LogP contribution >= 0.6 is 15.9 Å². The summed E-state index contributed by atoms with van der Waals surface area (Å²) in [6, 6.07) is 3.35. The van der Waals surface area contributed by atoms with E-state index in [1.807, 2.05) is 0 Å². The quantitative estimate of drug-likeness (QED) is 0.826. The second kappa shape index (κ2) is 5.08. The lowest BCUT2D eigenvalue weighted by molar-refractivity contribution is -0.137. The Labute approximate surface area is 116 Å². The average molecular weight is 329 g/mol. The number of hydrogen-bond donors (Lipinski definition) is 1. The first-order valence-corrected chi connectivity index (χ1v) is 6.26. The summed E-state index contributed by atoms with van der Waals surface area (Å²) in [6.07, 6.45) is -0.101. The van der Waals surface area contributed by atoms with Crippen LogP contribution in [0.25, 0.3) is 0 Å². The molecule has 7 heteroatoms. The third kappa shape index (κ3) is 2.51. The Balaban J connectivity index is 2.16. The van der Waals surface area contributed by atoms with Gasteiger partial charge in [-0.1, -0.05) is 6.07 Å². The molecule has 1 aromatic carbocycles. The van der Waals surface area contributed by atoms with E-state index in [0.29, 0.717) is 0 Å². The first-order valence-electron chi connectivity index (χ1n) is 5.47. The molecule has 1 unspecified atom stereocenters. The molecule has 0 bridgehead atoms. The molecule has 1 aliphatic heterocycles. The predicted octanol–water partition coefficient (Wildman–Crippen LogP) is 1.08. The Morgan fingerprint density at radius 2 is 2.16 bits per heavy atom. The highest BCUT2D eigenvalue weighted by Crippen LogP contribution is 2.19. The molecule has 2 rings (SSSR count). The number of imide groups is 1. The molecular formula is C12H10BrFN2O3. The Kier molecular flexibility index (Phi) is 3.66. The molecule has 0 aliphatic carbocycles. The van der Waals surface area contributed by atoms with E-state index in [-0.39, 0.29) is 22.4 Å². The zero-order valence-electron chi connectivity index (χ0n) is 9.94. The molecule has 5 nitrogen and oxygen atoms in total. The number of hydrogen-bond acceptors (Lipinski definition) is 3. The van der Waals surface area contributed by atoms with Crippen molar-refractivity contribution in [2.75, 3.05) is 7.05 Å². The first kappa shape index (κ1) is 13.7. The van der Waals surface area contributed by atoms with Crippen molar-refractivity contribution in [1.82, 2.24) is 10.2 Å². The minimum atomic E-state index is -0.927. The lowest BCUT2D eigenvalue weighted by atomic mass is 10.1. The number of nitrogens with zero attached hydrogens (tertiary/aromatic N) is 1. The minimum Gasteiger partial charge on any atom is -0.340 e. The van der Waals surface area contributed by atoms with E-state index in [0.717, 1.165) is 4.90 Å². The Morgan fingerprint density at radius 1 is 1.47 bits per heavy atom. The molecule has 1 atom stereocenters. The lowest BCUT2D eigenvalue weighted by Crippen LogP contribution is -2.40. The van der Waals surface area contributed by atoms with E-state index in [2.05, 4.69) is 21.2 Å². The normalized spacial score (nSPS) is 18.9. The summed E-state index contributed by atoms with van der Waals surface area (Å²) in [5.74, 6) is -2.29. The molecule has 100 valence electrons. The molecule has 1 fully saturated rings. The fraction of sp³-hybridized carbons (Fsp3) is 0.250. The van der Waals surface area contributed by atoms with Gasteiger partial charge < -0.3 is 5.32 Å². The van der Waals surface area contributed by atoms with Gasteiger partial charge in [0.1, 0.15) is 11.9 Å². The molecule has 0 saturated carbocycles. The van der Waals surface area contributed by atoms with Crippen LogP contribution in [-0.4, -0.2) is 35.7 Å². The van der Waals surface area contributed by atoms with Crippen molar-refractivity contribution in [3.05, 3.63) is 34.1 Å². The fourth-order valence-electron chi connectivity index (χ4n) is 1.78. The monoisotopic (exact) mass is 328 g/mol. The number of carbonyl (C=O) groups is 3. The number of likely N-dealkylation sites (N-methyl/N-ethyl adjacent to an activating group) is 1. The number of benzene rings is 1. The first-order chi connectivity index (χ1) is 8.91. The standard InChI is InChI=1S/C12H10BrFN2O3/c1-16-9(17)5-8(12(16)19)15-11(18)6-3-2-4-7(13)10(6)14/h2-4,8H,5H2,1H3,(H,15,18). The van der Waals surface area contributed by atoms with Crippen molar-refractivity contribution in [2.45, 2.75) is 12.5 Å². The topological polar surface area (TPSA) is 66.5 Å². The summed E-state index contributed by atoms with van der Waals surface area (Å²) in [5.41, 5.74) is -0.177. The van der Waals surface area contributed by atoms with Crippen LogP contribution in [0.15, 0.2) is 22.7 Å². The maximum atomic E-state index is 13.7. The van der Waals surface area contributed by atoms with E-state index in [9.17, 15) is 18.8 Å². The second-order valence-corrected chi connectivity index (χ2v) is 4.98.